The second-order valence-corrected chi connectivity index (χ2v) is 8.72. The van der Waals surface area contributed by atoms with E-state index in [0.29, 0.717) is 11.8 Å². The summed E-state index contributed by atoms with van der Waals surface area (Å²) in [5.41, 5.74) is 0.997. The van der Waals surface area contributed by atoms with Gasteiger partial charge in [-0.3, -0.25) is 0 Å². The summed E-state index contributed by atoms with van der Waals surface area (Å²) in [6.45, 7) is 14.1. The van der Waals surface area contributed by atoms with Crippen LogP contribution in [0.1, 0.15) is 60.1 Å². The Labute approximate surface area is 132 Å². The zero-order valence-corrected chi connectivity index (χ0v) is 15.0. The lowest BCUT2D eigenvalue weighted by Gasteiger charge is -2.26. The molecule has 0 aliphatic carbocycles. The van der Waals surface area contributed by atoms with Crippen LogP contribution in [0.25, 0.3) is 0 Å². The summed E-state index contributed by atoms with van der Waals surface area (Å²) in [6.07, 6.45) is 1.91. The van der Waals surface area contributed by atoms with Crippen molar-refractivity contribution in [2.24, 2.45) is 5.92 Å². The molecule has 0 saturated heterocycles. The first-order chi connectivity index (χ1) is 9.61. The predicted octanol–water partition coefficient (Wildman–Crippen LogP) is 3.62. The lowest BCUT2D eigenvalue weighted by Crippen LogP contribution is -2.40. The van der Waals surface area contributed by atoms with Gasteiger partial charge in [-0.25, -0.2) is 4.98 Å². The molecule has 120 valence electrons. The fourth-order valence-electron chi connectivity index (χ4n) is 1.45. The standard InChI is InChI=1S/C16H28N2O2S/c1-11(2)13(4)20-15-9-8-14(10-17-15)12(3)18-21(19)16(5,6)7/h8-13,18H,1-7H3/t12-,13?,21+/m0/s1. The lowest BCUT2D eigenvalue weighted by atomic mass is 10.1. The summed E-state index contributed by atoms with van der Waals surface area (Å²) in [7, 11) is 0. The molecule has 1 heterocycles. The van der Waals surface area contributed by atoms with Gasteiger partial charge in [-0.2, -0.15) is 0 Å². The molecule has 0 aromatic carbocycles. The maximum absolute atomic E-state index is 12.1. The van der Waals surface area contributed by atoms with E-state index in [0.717, 1.165) is 5.56 Å². The van der Waals surface area contributed by atoms with E-state index >= 15 is 0 Å². The Hall–Kier alpha value is -0.780. The average molecular weight is 312 g/mol. The summed E-state index contributed by atoms with van der Waals surface area (Å²) >= 11 is -1.10. The Morgan fingerprint density at radius 1 is 1.19 bits per heavy atom. The van der Waals surface area contributed by atoms with E-state index in [4.69, 9.17) is 4.74 Å². The van der Waals surface area contributed by atoms with Crippen LogP contribution in [0.5, 0.6) is 5.88 Å². The molecule has 0 fully saturated rings. The van der Waals surface area contributed by atoms with Gasteiger partial charge in [0, 0.05) is 23.6 Å². The summed E-state index contributed by atoms with van der Waals surface area (Å²) in [5.74, 6) is 1.07. The number of rotatable bonds is 6. The maximum Gasteiger partial charge on any atom is 0.213 e. The van der Waals surface area contributed by atoms with E-state index in [1.165, 1.54) is 0 Å². The number of aromatic nitrogens is 1. The number of nitrogens with one attached hydrogen (secondary N) is 1. The Morgan fingerprint density at radius 2 is 1.81 bits per heavy atom. The van der Waals surface area contributed by atoms with Gasteiger partial charge in [-0.15, -0.1) is 4.72 Å². The highest BCUT2D eigenvalue weighted by Crippen LogP contribution is 2.21. The molecule has 4 nitrogen and oxygen atoms in total. The van der Waals surface area contributed by atoms with Crippen molar-refractivity contribution in [1.29, 1.82) is 0 Å². The molecular formula is C16H28N2O2S. The topological polar surface area (TPSA) is 57.2 Å². The molecule has 0 saturated carbocycles. The van der Waals surface area contributed by atoms with Gasteiger partial charge in [-0.05, 0) is 46.1 Å². The van der Waals surface area contributed by atoms with E-state index in [2.05, 4.69) is 23.6 Å². The molecule has 5 heteroatoms. The van der Waals surface area contributed by atoms with Crippen molar-refractivity contribution in [2.75, 3.05) is 0 Å². The molecule has 1 N–H and O–H groups in total. The van der Waals surface area contributed by atoms with Crippen molar-refractivity contribution < 1.29 is 9.29 Å². The number of nitrogens with zero attached hydrogens (tertiary/aromatic N) is 1. The molecule has 0 amide bonds. The zero-order chi connectivity index (χ0) is 16.2. The van der Waals surface area contributed by atoms with Crippen molar-refractivity contribution in [3.8, 4) is 5.88 Å². The summed E-state index contributed by atoms with van der Waals surface area (Å²) < 4.78 is 20.7. The molecule has 0 aliphatic heterocycles. The molecule has 1 aromatic heterocycles. The third-order valence-electron chi connectivity index (χ3n) is 3.34. The zero-order valence-electron chi connectivity index (χ0n) is 14.1. The Balaban J connectivity index is 2.65. The van der Waals surface area contributed by atoms with Gasteiger partial charge in [0.2, 0.25) is 5.88 Å². The minimum absolute atomic E-state index is 0.0193. The van der Waals surface area contributed by atoms with E-state index in [1.54, 1.807) is 6.20 Å². The van der Waals surface area contributed by atoms with Gasteiger partial charge >= 0.3 is 0 Å². The van der Waals surface area contributed by atoms with Crippen LogP contribution in [0.4, 0.5) is 0 Å². The molecule has 0 aliphatic rings. The van der Waals surface area contributed by atoms with Gasteiger partial charge in [0.25, 0.3) is 0 Å². The normalized spacial score (nSPS) is 16.6. The van der Waals surface area contributed by atoms with Crippen LogP contribution in [0.2, 0.25) is 0 Å². The van der Waals surface area contributed by atoms with E-state index in [9.17, 15) is 4.55 Å². The van der Waals surface area contributed by atoms with Crippen LogP contribution in [0, 0.1) is 5.92 Å². The summed E-state index contributed by atoms with van der Waals surface area (Å²) in [5, 5.41) is 0. The van der Waals surface area contributed by atoms with Crippen molar-refractivity contribution >= 4 is 11.4 Å². The van der Waals surface area contributed by atoms with E-state index < -0.39 is 11.4 Å². The number of ether oxygens (including phenoxy) is 1. The molecule has 1 rings (SSSR count). The van der Waals surface area contributed by atoms with Gasteiger partial charge in [0.15, 0.2) is 0 Å². The van der Waals surface area contributed by atoms with Crippen LogP contribution in [-0.2, 0) is 11.4 Å². The van der Waals surface area contributed by atoms with Crippen LogP contribution < -0.4 is 9.46 Å². The third-order valence-corrected chi connectivity index (χ3v) is 5.02. The fraction of sp³-hybridized carbons (Fsp3) is 0.688. The van der Waals surface area contributed by atoms with Crippen LogP contribution in [0.15, 0.2) is 18.3 Å². The van der Waals surface area contributed by atoms with Crippen molar-refractivity contribution in [2.45, 2.75) is 65.4 Å². The molecule has 1 unspecified atom stereocenters. The Morgan fingerprint density at radius 3 is 2.24 bits per heavy atom. The van der Waals surface area contributed by atoms with Gasteiger partial charge < -0.3 is 9.29 Å². The third kappa shape index (κ3) is 5.85. The highest BCUT2D eigenvalue weighted by atomic mass is 32.2. The molecule has 0 radical (unpaired) electrons. The van der Waals surface area contributed by atoms with Gasteiger partial charge in [0.05, 0.1) is 12.1 Å². The van der Waals surface area contributed by atoms with Crippen molar-refractivity contribution in [1.82, 2.24) is 9.71 Å². The largest absolute Gasteiger partial charge is 0.598 e. The van der Waals surface area contributed by atoms with Crippen LogP contribution in [-0.4, -0.2) is 20.4 Å². The molecule has 21 heavy (non-hydrogen) atoms. The summed E-state index contributed by atoms with van der Waals surface area (Å²) in [4.78, 5) is 4.33. The second-order valence-electron chi connectivity index (χ2n) is 6.72. The maximum atomic E-state index is 12.1. The van der Waals surface area contributed by atoms with Crippen LogP contribution in [0.3, 0.4) is 0 Å². The molecule has 0 bridgehead atoms. The lowest BCUT2D eigenvalue weighted by molar-refractivity contribution is 0.163. The SMILES string of the molecule is CC(C)C(C)Oc1ccc([C@H](C)N[S@+]([O-])C(C)(C)C)cn1. The Kier molecular flexibility index (Phi) is 6.50. The molecular weight excluding hydrogens is 284 g/mol. The van der Waals surface area contributed by atoms with E-state index in [1.807, 2.05) is 46.8 Å². The smallest absolute Gasteiger partial charge is 0.213 e. The summed E-state index contributed by atoms with van der Waals surface area (Å²) in [6, 6.07) is 3.81. The van der Waals surface area contributed by atoms with Gasteiger partial charge in [0.1, 0.15) is 4.75 Å². The highest BCUT2D eigenvalue weighted by Gasteiger charge is 2.28. The monoisotopic (exact) mass is 312 g/mol. The quantitative estimate of drug-likeness (QED) is 0.815. The van der Waals surface area contributed by atoms with E-state index in [-0.39, 0.29) is 16.9 Å². The first-order valence-corrected chi connectivity index (χ1v) is 8.57. The predicted molar refractivity (Wildman–Crippen MR) is 88.6 cm³/mol. The number of pyridine rings is 1. The number of hydrogen-bond acceptors (Lipinski definition) is 4. The first-order valence-electron chi connectivity index (χ1n) is 7.42. The molecule has 3 atom stereocenters. The first kappa shape index (κ1) is 18.3. The second kappa shape index (κ2) is 7.47. The highest BCUT2D eigenvalue weighted by molar-refractivity contribution is 7.90. The fourth-order valence-corrected chi connectivity index (χ4v) is 2.26. The number of hydrogen-bond donors (Lipinski definition) is 1. The van der Waals surface area contributed by atoms with Crippen molar-refractivity contribution in [3.05, 3.63) is 23.9 Å². The molecule has 1 aromatic rings. The van der Waals surface area contributed by atoms with Crippen molar-refractivity contribution in [3.63, 3.8) is 0 Å². The van der Waals surface area contributed by atoms with Gasteiger partial charge in [-0.1, -0.05) is 19.9 Å². The van der Waals surface area contributed by atoms with Crippen LogP contribution >= 0.6 is 0 Å². The average Bonchev–Trinajstić information content (AvgIpc) is 2.38. The minimum atomic E-state index is -1.10. The Bertz CT molecular complexity index is 429. The minimum Gasteiger partial charge on any atom is -0.598 e. The molecule has 0 spiro atoms.